The van der Waals surface area contributed by atoms with Crippen molar-refractivity contribution in [2.75, 3.05) is 0 Å². The van der Waals surface area contributed by atoms with Crippen molar-refractivity contribution in [1.82, 2.24) is 10.2 Å². The van der Waals surface area contributed by atoms with Crippen LogP contribution in [0.15, 0.2) is 15.9 Å². The number of amides is 2. The zero-order valence-electron chi connectivity index (χ0n) is 12.8. The van der Waals surface area contributed by atoms with Crippen molar-refractivity contribution in [3.05, 3.63) is 20.8 Å². The fourth-order valence-electron chi connectivity index (χ4n) is 2.88. The topological polar surface area (TPSA) is 49.4 Å². The minimum absolute atomic E-state index is 0.0182. The maximum Gasteiger partial charge on any atom is 0.248 e. The number of hydrogen-bond acceptors (Lipinski definition) is 3. The molecule has 1 aliphatic rings. The number of nitrogens with zero attached hydrogens (tertiary/aromatic N) is 1. The summed E-state index contributed by atoms with van der Waals surface area (Å²) in [6, 6.07) is 2.01. The summed E-state index contributed by atoms with van der Waals surface area (Å²) >= 11 is 5.03. The van der Waals surface area contributed by atoms with Gasteiger partial charge < -0.3 is 10.2 Å². The molecule has 0 spiro atoms. The summed E-state index contributed by atoms with van der Waals surface area (Å²) in [7, 11) is 0. The third-order valence-electron chi connectivity index (χ3n) is 4.25. The van der Waals surface area contributed by atoms with Gasteiger partial charge in [-0.2, -0.15) is 0 Å². The van der Waals surface area contributed by atoms with Crippen LogP contribution in [0.2, 0.25) is 0 Å². The molecule has 116 valence electrons. The van der Waals surface area contributed by atoms with Gasteiger partial charge in [-0.1, -0.05) is 13.8 Å². The lowest BCUT2D eigenvalue weighted by Gasteiger charge is -2.50. The van der Waals surface area contributed by atoms with E-state index in [0.29, 0.717) is 19.4 Å². The number of thiophene rings is 1. The van der Waals surface area contributed by atoms with Crippen molar-refractivity contribution in [3.63, 3.8) is 0 Å². The predicted octanol–water partition coefficient (Wildman–Crippen LogP) is 3.31. The Hall–Kier alpha value is -0.880. The van der Waals surface area contributed by atoms with Crippen molar-refractivity contribution in [1.29, 1.82) is 0 Å². The van der Waals surface area contributed by atoms with Crippen LogP contribution in [0.4, 0.5) is 0 Å². The van der Waals surface area contributed by atoms with Gasteiger partial charge in [-0.3, -0.25) is 9.59 Å². The highest BCUT2D eigenvalue weighted by molar-refractivity contribution is 9.10. The summed E-state index contributed by atoms with van der Waals surface area (Å²) < 4.78 is 1.01. The Kier molecular flexibility index (Phi) is 4.49. The molecule has 1 saturated heterocycles. The van der Waals surface area contributed by atoms with Gasteiger partial charge in [0.1, 0.15) is 11.1 Å². The molecule has 0 atom stereocenters. The molecule has 0 unspecified atom stereocenters. The predicted molar refractivity (Wildman–Crippen MR) is 88.1 cm³/mol. The molecule has 1 fully saturated rings. The van der Waals surface area contributed by atoms with Crippen LogP contribution in [-0.4, -0.2) is 27.8 Å². The van der Waals surface area contributed by atoms with Gasteiger partial charge in [-0.25, -0.2) is 0 Å². The molecule has 2 heterocycles. The van der Waals surface area contributed by atoms with Crippen LogP contribution in [-0.2, 0) is 16.1 Å². The lowest BCUT2D eigenvalue weighted by molar-refractivity contribution is -0.163. The Bertz CT molecular complexity index is 564. The van der Waals surface area contributed by atoms with E-state index >= 15 is 0 Å². The van der Waals surface area contributed by atoms with E-state index in [1.54, 1.807) is 30.1 Å². The van der Waals surface area contributed by atoms with Crippen LogP contribution >= 0.6 is 27.3 Å². The van der Waals surface area contributed by atoms with E-state index in [1.165, 1.54) is 0 Å². The Morgan fingerprint density at radius 2 is 1.90 bits per heavy atom. The van der Waals surface area contributed by atoms with Crippen molar-refractivity contribution in [2.24, 2.45) is 0 Å². The van der Waals surface area contributed by atoms with E-state index in [9.17, 15) is 9.59 Å². The summed E-state index contributed by atoms with van der Waals surface area (Å²) in [5, 5.41) is 4.88. The molecule has 0 aliphatic carbocycles. The number of rotatable bonds is 4. The second-order valence-electron chi connectivity index (χ2n) is 5.94. The van der Waals surface area contributed by atoms with Crippen LogP contribution in [0.1, 0.15) is 45.4 Å². The Balaban J connectivity index is 2.43. The van der Waals surface area contributed by atoms with Gasteiger partial charge >= 0.3 is 0 Å². The lowest BCUT2D eigenvalue weighted by atomic mass is 9.82. The molecule has 1 N–H and O–H groups in total. The Morgan fingerprint density at radius 3 is 2.38 bits per heavy atom. The van der Waals surface area contributed by atoms with E-state index in [-0.39, 0.29) is 11.8 Å². The molecule has 1 aliphatic heterocycles. The van der Waals surface area contributed by atoms with Crippen molar-refractivity contribution in [2.45, 2.75) is 58.2 Å². The summed E-state index contributed by atoms with van der Waals surface area (Å²) in [6.07, 6.45) is 1.23. The summed E-state index contributed by atoms with van der Waals surface area (Å²) in [5.74, 6) is -0.0666. The molecule has 0 aromatic carbocycles. The highest BCUT2D eigenvalue weighted by Crippen LogP contribution is 2.34. The zero-order valence-corrected chi connectivity index (χ0v) is 15.2. The van der Waals surface area contributed by atoms with Crippen LogP contribution in [0.25, 0.3) is 0 Å². The van der Waals surface area contributed by atoms with Gasteiger partial charge in [-0.15, -0.1) is 11.3 Å². The first kappa shape index (κ1) is 16.5. The van der Waals surface area contributed by atoms with E-state index in [1.807, 2.05) is 25.3 Å². The smallest absolute Gasteiger partial charge is 0.248 e. The van der Waals surface area contributed by atoms with E-state index in [0.717, 1.165) is 9.35 Å². The molecule has 0 radical (unpaired) electrons. The molecule has 21 heavy (non-hydrogen) atoms. The number of carbonyl (C=O) groups is 2. The van der Waals surface area contributed by atoms with Gasteiger partial charge in [0.15, 0.2) is 0 Å². The molecule has 0 saturated carbocycles. The molecule has 0 bridgehead atoms. The second-order valence-corrected chi connectivity index (χ2v) is 7.85. The largest absolute Gasteiger partial charge is 0.340 e. The average Bonchev–Trinajstić information content (AvgIpc) is 2.82. The van der Waals surface area contributed by atoms with E-state index < -0.39 is 11.1 Å². The minimum atomic E-state index is -0.848. The summed E-state index contributed by atoms with van der Waals surface area (Å²) in [5.41, 5.74) is -1.59. The van der Waals surface area contributed by atoms with Gasteiger partial charge in [0.2, 0.25) is 11.8 Å². The number of nitrogens with one attached hydrogen (secondary N) is 1. The zero-order chi connectivity index (χ0) is 15.8. The third-order valence-corrected chi connectivity index (χ3v) is 5.93. The van der Waals surface area contributed by atoms with Crippen LogP contribution in [0.3, 0.4) is 0 Å². The normalized spacial score (nSPS) is 20.5. The molecular formula is C15H21BrN2O2S. The van der Waals surface area contributed by atoms with Gasteiger partial charge in [0.25, 0.3) is 0 Å². The first-order valence-corrected chi connectivity index (χ1v) is 8.81. The highest BCUT2D eigenvalue weighted by Gasteiger charge is 2.53. The number of halogens is 1. The van der Waals surface area contributed by atoms with E-state index in [2.05, 4.69) is 21.2 Å². The monoisotopic (exact) mass is 372 g/mol. The first-order chi connectivity index (χ1) is 9.76. The first-order valence-electron chi connectivity index (χ1n) is 7.14. The van der Waals surface area contributed by atoms with Gasteiger partial charge in [-0.05, 0) is 48.7 Å². The van der Waals surface area contributed by atoms with Crippen LogP contribution < -0.4 is 5.32 Å². The minimum Gasteiger partial charge on any atom is -0.340 e. The van der Waals surface area contributed by atoms with Gasteiger partial charge in [0.05, 0.1) is 6.54 Å². The SMILES string of the molecule is CCC1(CC)C(=O)NC(C)(C)C(=O)N1Cc1cc(Br)cs1. The summed E-state index contributed by atoms with van der Waals surface area (Å²) in [4.78, 5) is 28.3. The maximum absolute atomic E-state index is 12.8. The standard InChI is InChI=1S/C15H21BrN2O2S/c1-5-15(6-2)12(19)17-14(3,4)13(20)18(15)8-11-7-10(16)9-21-11/h7,9H,5-6,8H2,1-4H3,(H,17,19). The van der Waals surface area contributed by atoms with Crippen molar-refractivity contribution >= 4 is 39.1 Å². The molecule has 1 aromatic rings. The molecule has 1 aromatic heterocycles. The fraction of sp³-hybridized carbons (Fsp3) is 0.600. The lowest BCUT2D eigenvalue weighted by Crippen LogP contribution is -2.73. The Morgan fingerprint density at radius 1 is 1.29 bits per heavy atom. The van der Waals surface area contributed by atoms with Gasteiger partial charge in [0, 0.05) is 14.7 Å². The van der Waals surface area contributed by atoms with E-state index in [4.69, 9.17) is 0 Å². The molecule has 2 amide bonds. The average molecular weight is 373 g/mol. The molecule has 4 nitrogen and oxygen atoms in total. The fourth-order valence-corrected chi connectivity index (χ4v) is 4.32. The van der Waals surface area contributed by atoms with Crippen molar-refractivity contribution in [3.8, 4) is 0 Å². The summed E-state index contributed by atoms with van der Waals surface area (Å²) in [6.45, 7) is 7.94. The second kappa shape index (κ2) is 5.72. The number of hydrogen-bond donors (Lipinski definition) is 1. The molecule has 6 heteroatoms. The van der Waals surface area contributed by atoms with Crippen LogP contribution in [0.5, 0.6) is 0 Å². The highest BCUT2D eigenvalue weighted by atomic mass is 79.9. The molecular weight excluding hydrogens is 352 g/mol. The maximum atomic E-state index is 12.8. The third kappa shape index (κ3) is 2.75. The number of carbonyl (C=O) groups excluding carboxylic acids is 2. The Labute approximate surface area is 138 Å². The quantitative estimate of drug-likeness (QED) is 0.881. The number of piperazine rings is 1. The van der Waals surface area contributed by atoms with Crippen molar-refractivity contribution < 1.29 is 9.59 Å². The van der Waals surface area contributed by atoms with Crippen LogP contribution in [0, 0.1) is 0 Å². The molecule has 2 rings (SSSR count).